The summed E-state index contributed by atoms with van der Waals surface area (Å²) in [5, 5.41) is 20.1. The standard InChI is InChI=1S/C21H23ClN6O3/c1-2-27-12-13(9-19(27)30)17-10-18(23-7-8-29)28-20(26-17)16(11-24-28)21(31)25-15-5-3-14(22)4-6-15/h3-6,10-11,13,23,29H,2,7-9,12H2,1H3,(H,25,31)/t13-/m0/s1. The number of aliphatic hydroxyl groups is 1. The van der Waals surface area contributed by atoms with E-state index >= 15 is 0 Å². The number of nitrogens with zero attached hydrogens (tertiary/aromatic N) is 4. The Morgan fingerprint density at radius 1 is 1.32 bits per heavy atom. The lowest BCUT2D eigenvalue weighted by Crippen LogP contribution is -2.24. The Kier molecular flexibility index (Phi) is 6.06. The van der Waals surface area contributed by atoms with Crippen molar-refractivity contribution in [1.29, 1.82) is 0 Å². The normalized spacial score (nSPS) is 16.2. The van der Waals surface area contributed by atoms with E-state index in [1.54, 1.807) is 29.2 Å². The second kappa shape index (κ2) is 8.91. The predicted octanol–water partition coefficient (Wildman–Crippen LogP) is 2.38. The van der Waals surface area contributed by atoms with Crippen LogP contribution in [0.1, 0.15) is 35.3 Å². The van der Waals surface area contributed by atoms with Crippen LogP contribution in [0, 0.1) is 0 Å². The number of amides is 2. The number of anilines is 2. The van der Waals surface area contributed by atoms with Crippen LogP contribution >= 0.6 is 11.6 Å². The van der Waals surface area contributed by atoms with Gasteiger partial charge >= 0.3 is 0 Å². The molecule has 4 rings (SSSR count). The molecule has 0 unspecified atom stereocenters. The summed E-state index contributed by atoms with van der Waals surface area (Å²) in [6, 6.07) is 8.63. The highest BCUT2D eigenvalue weighted by molar-refractivity contribution is 6.30. The van der Waals surface area contributed by atoms with Crippen LogP contribution < -0.4 is 10.6 Å². The number of hydrogen-bond acceptors (Lipinski definition) is 6. The second-order valence-electron chi connectivity index (χ2n) is 7.30. The maximum absolute atomic E-state index is 12.9. The van der Waals surface area contributed by atoms with Gasteiger partial charge in [-0.3, -0.25) is 9.59 Å². The van der Waals surface area contributed by atoms with Gasteiger partial charge in [0.15, 0.2) is 5.65 Å². The minimum absolute atomic E-state index is 0.0597. The first-order chi connectivity index (χ1) is 15.0. The van der Waals surface area contributed by atoms with E-state index in [4.69, 9.17) is 16.6 Å². The SMILES string of the molecule is CCN1C[C@@H](c2cc(NCCO)n3ncc(C(=O)Nc4ccc(Cl)cc4)c3n2)CC1=O. The summed E-state index contributed by atoms with van der Waals surface area (Å²) in [6.45, 7) is 3.43. The predicted molar refractivity (Wildman–Crippen MR) is 118 cm³/mol. The molecule has 9 nitrogen and oxygen atoms in total. The number of halogens is 1. The van der Waals surface area contributed by atoms with Crippen LogP contribution in [0.4, 0.5) is 11.5 Å². The molecule has 0 radical (unpaired) electrons. The van der Waals surface area contributed by atoms with Gasteiger partial charge in [-0.1, -0.05) is 11.6 Å². The van der Waals surface area contributed by atoms with E-state index in [2.05, 4.69) is 15.7 Å². The van der Waals surface area contributed by atoms with Crippen LogP contribution in [-0.4, -0.2) is 62.7 Å². The highest BCUT2D eigenvalue weighted by Gasteiger charge is 2.31. The summed E-state index contributed by atoms with van der Waals surface area (Å²) < 4.78 is 1.53. The van der Waals surface area contributed by atoms with Crippen LogP contribution in [-0.2, 0) is 4.79 Å². The molecule has 1 aliphatic heterocycles. The van der Waals surface area contributed by atoms with E-state index < -0.39 is 0 Å². The van der Waals surface area contributed by atoms with Gasteiger partial charge in [0.1, 0.15) is 11.4 Å². The second-order valence-corrected chi connectivity index (χ2v) is 7.74. The topological polar surface area (TPSA) is 112 Å². The number of carbonyl (C=O) groups is 2. The van der Waals surface area contributed by atoms with Gasteiger partial charge in [0.2, 0.25) is 5.91 Å². The molecule has 10 heteroatoms. The quantitative estimate of drug-likeness (QED) is 0.518. The van der Waals surface area contributed by atoms with Crippen LogP contribution in [0.2, 0.25) is 5.02 Å². The third kappa shape index (κ3) is 4.33. The molecule has 3 aromatic rings. The number of nitrogens with one attached hydrogen (secondary N) is 2. The van der Waals surface area contributed by atoms with Crippen molar-refractivity contribution in [1.82, 2.24) is 19.5 Å². The molecule has 0 aliphatic carbocycles. The Balaban J connectivity index is 1.70. The number of fused-ring (bicyclic) bond motifs is 1. The van der Waals surface area contributed by atoms with E-state index in [9.17, 15) is 14.7 Å². The Morgan fingerprint density at radius 2 is 2.10 bits per heavy atom. The molecular formula is C21H23ClN6O3. The summed E-state index contributed by atoms with van der Waals surface area (Å²) in [5.41, 5.74) is 1.99. The number of aliphatic hydroxyl groups excluding tert-OH is 1. The number of likely N-dealkylation sites (N-methyl/N-ethyl adjacent to an activating group) is 1. The number of rotatable bonds is 7. The van der Waals surface area contributed by atoms with Gasteiger partial charge in [-0.25, -0.2) is 4.98 Å². The van der Waals surface area contributed by atoms with Crippen molar-refractivity contribution in [3.63, 3.8) is 0 Å². The molecule has 3 N–H and O–H groups in total. The van der Waals surface area contributed by atoms with E-state index in [1.807, 2.05) is 13.0 Å². The molecule has 0 spiro atoms. The molecule has 1 aromatic carbocycles. The van der Waals surface area contributed by atoms with Crippen LogP contribution in [0.3, 0.4) is 0 Å². The zero-order valence-corrected chi connectivity index (χ0v) is 17.8. The number of aromatic nitrogens is 3. The molecule has 0 bridgehead atoms. The van der Waals surface area contributed by atoms with Crippen molar-refractivity contribution in [2.75, 3.05) is 36.9 Å². The third-order valence-electron chi connectivity index (χ3n) is 5.27. The van der Waals surface area contributed by atoms with Gasteiger partial charge in [-0.2, -0.15) is 9.61 Å². The summed E-state index contributed by atoms with van der Waals surface area (Å²) in [7, 11) is 0. The smallest absolute Gasteiger partial charge is 0.261 e. The summed E-state index contributed by atoms with van der Waals surface area (Å²) >= 11 is 5.91. The largest absolute Gasteiger partial charge is 0.395 e. The first kappa shape index (κ1) is 21.1. The van der Waals surface area contributed by atoms with Crippen molar-refractivity contribution < 1.29 is 14.7 Å². The molecule has 2 amide bonds. The molecule has 0 saturated carbocycles. The van der Waals surface area contributed by atoms with Crippen molar-refractivity contribution in [3.05, 3.63) is 52.8 Å². The van der Waals surface area contributed by atoms with Crippen LogP contribution in [0.5, 0.6) is 0 Å². The zero-order chi connectivity index (χ0) is 22.0. The van der Waals surface area contributed by atoms with Gasteiger partial charge in [0, 0.05) is 48.7 Å². The fourth-order valence-corrected chi connectivity index (χ4v) is 3.79. The van der Waals surface area contributed by atoms with Crippen molar-refractivity contribution in [3.8, 4) is 0 Å². The van der Waals surface area contributed by atoms with Crippen LogP contribution in [0.25, 0.3) is 5.65 Å². The van der Waals surface area contributed by atoms with Crippen LogP contribution in [0.15, 0.2) is 36.5 Å². The molecule has 3 heterocycles. The number of benzene rings is 1. The fraction of sp³-hybridized carbons (Fsp3) is 0.333. The number of carbonyl (C=O) groups excluding carboxylic acids is 2. The van der Waals surface area contributed by atoms with Crippen molar-refractivity contribution >= 4 is 40.6 Å². The summed E-state index contributed by atoms with van der Waals surface area (Å²) in [4.78, 5) is 31.6. The molecule has 1 fully saturated rings. The Morgan fingerprint density at radius 3 is 2.77 bits per heavy atom. The number of likely N-dealkylation sites (tertiary alicyclic amines) is 1. The minimum atomic E-state index is -0.354. The monoisotopic (exact) mass is 442 g/mol. The highest BCUT2D eigenvalue weighted by Crippen LogP contribution is 2.29. The maximum Gasteiger partial charge on any atom is 0.261 e. The average molecular weight is 443 g/mol. The molecule has 162 valence electrons. The molecule has 31 heavy (non-hydrogen) atoms. The molecular weight excluding hydrogens is 420 g/mol. The lowest BCUT2D eigenvalue weighted by atomic mass is 10.0. The summed E-state index contributed by atoms with van der Waals surface area (Å²) in [6.07, 6.45) is 1.83. The van der Waals surface area contributed by atoms with E-state index in [-0.39, 0.29) is 24.3 Å². The zero-order valence-electron chi connectivity index (χ0n) is 17.0. The first-order valence-corrected chi connectivity index (χ1v) is 10.5. The Hall–Kier alpha value is -3.17. The summed E-state index contributed by atoms with van der Waals surface area (Å²) in [5.74, 6) is 0.261. The minimum Gasteiger partial charge on any atom is -0.395 e. The molecule has 1 aliphatic rings. The van der Waals surface area contributed by atoms with Crippen molar-refractivity contribution in [2.24, 2.45) is 0 Å². The van der Waals surface area contributed by atoms with Gasteiger partial charge in [0.05, 0.1) is 18.5 Å². The van der Waals surface area contributed by atoms with Gasteiger partial charge in [-0.15, -0.1) is 0 Å². The lowest BCUT2D eigenvalue weighted by Gasteiger charge is -2.15. The van der Waals surface area contributed by atoms with Gasteiger partial charge in [-0.05, 0) is 31.2 Å². The van der Waals surface area contributed by atoms with Gasteiger partial charge < -0.3 is 20.6 Å². The Labute approximate surface area is 184 Å². The highest BCUT2D eigenvalue weighted by atomic mass is 35.5. The van der Waals surface area contributed by atoms with E-state index in [0.29, 0.717) is 59.5 Å². The third-order valence-corrected chi connectivity index (χ3v) is 5.52. The van der Waals surface area contributed by atoms with E-state index in [1.165, 1.54) is 10.7 Å². The Bertz CT molecular complexity index is 1110. The lowest BCUT2D eigenvalue weighted by molar-refractivity contribution is -0.127. The van der Waals surface area contributed by atoms with E-state index in [0.717, 1.165) is 0 Å². The fourth-order valence-electron chi connectivity index (χ4n) is 3.67. The van der Waals surface area contributed by atoms with Crippen molar-refractivity contribution in [2.45, 2.75) is 19.3 Å². The molecule has 2 aromatic heterocycles. The average Bonchev–Trinajstić information content (AvgIpc) is 3.37. The molecule has 1 saturated heterocycles. The maximum atomic E-state index is 12.9. The first-order valence-electron chi connectivity index (χ1n) is 10.1. The molecule has 1 atom stereocenters. The van der Waals surface area contributed by atoms with Gasteiger partial charge in [0.25, 0.3) is 5.91 Å². The number of hydrogen-bond donors (Lipinski definition) is 3.